The molecule has 1 aliphatic carbocycles. The Balaban J connectivity index is 1.29. The van der Waals surface area contributed by atoms with Crippen molar-refractivity contribution in [2.24, 2.45) is 10.8 Å². The monoisotopic (exact) mass is 353 g/mol. The van der Waals surface area contributed by atoms with E-state index in [0.717, 1.165) is 45.3 Å². The normalized spacial score (nSPS) is 41.2. The Morgan fingerprint density at radius 2 is 2.16 bits per heavy atom. The standard InChI is InChI=1S/C18H28FN3O3/c1-2-25-16(24)22-5-3-17(12-22)7-13(8-17)21-6-4-18(14(19)10-21)9-15(23)20-11-18/h13-14H,2-12H2,1H3,(H,20,23). The molecule has 4 fully saturated rings. The number of hydrogen-bond acceptors (Lipinski definition) is 4. The predicted molar refractivity (Wildman–Crippen MR) is 89.8 cm³/mol. The minimum absolute atomic E-state index is 0.0105. The van der Waals surface area contributed by atoms with Gasteiger partial charge < -0.3 is 15.0 Å². The molecule has 3 saturated heterocycles. The molecule has 0 bridgehead atoms. The Morgan fingerprint density at radius 3 is 2.80 bits per heavy atom. The van der Waals surface area contributed by atoms with E-state index in [0.29, 0.717) is 32.2 Å². The van der Waals surface area contributed by atoms with Crippen molar-refractivity contribution in [2.45, 2.75) is 51.2 Å². The number of rotatable bonds is 2. The van der Waals surface area contributed by atoms with Crippen molar-refractivity contribution < 1.29 is 18.7 Å². The topological polar surface area (TPSA) is 61.9 Å². The largest absolute Gasteiger partial charge is 0.450 e. The summed E-state index contributed by atoms with van der Waals surface area (Å²) in [5.41, 5.74) is -0.258. The molecule has 7 heteroatoms. The first-order valence-corrected chi connectivity index (χ1v) is 9.52. The number of carbonyl (C=O) groups is 2. The van der Waals surface area contributed by atoms with Crippen LogP contribution in [0.5, 0.6) is 0 Å². The lowest BCUT2D eigenvalue weighted by Gasteiger charge is -2.53. The zero-order valence-corrected chi connectivity index (χ0v) is 14.9. The Hall–Kier alpha value is -1.37. The van der Waals surface area contributed by atoms with Gasteiger partial charge >= 0.3 is 6.09 Å². The molecule has 0 aromatic rings. The lowest BCUT2D eigenvalue weighted by atomic mass is 9.63. The van der Waals surface area contributed by atoms with E-state index in [-0.39, 0.29) is 17.4 Å². The molecule has 140 valence electrons. The summed E-state index contributed by atoms with van der Waals surface area (Å²) in [6.45, 7) is 5.59. The average Bonchev–Trinajstić information content (AvgIpc) is 3.15. The van der Waals surface area contributed by atoms with Crippen LogP contribution in [0.3, 0.4) is 0 Å². The number of piperidine rings is 1. The van der Waals surface area contributed by atoms with Crippen LogP contribution in [-0.2, 0) is 9.53 Å². The number of nitrogens with zero attached hydrogens (tertiary/aromatic N) is 2. The van der Waals surface area contributed by atoms with Crippen molar-refractivity contribution in [2.75, 3.05) is 39.3 Å². The molecule has 3 aliphatic heterocycles. The molecule has 1 saturated carbocycles. The molecule has 3 heterocycles. The number of ether oxygens (including phenoxy) is 1. The molecular weight excluding hydrogens is 325 g/mol. The van der Waals surface area contributed by atoms with Gasteiger partial charge in [-0.3, -0.25) is 9.69 Å². The molecule has 2 spiro atoms. The molecule has 0 aromatic heterocycles. The molecule has 1 N–H and O–H groups in total. The maximum absolute atomic E-state index is 14.8. The SMILES string of the molecule is CCOC(=O)N1CCC2(CC(N3CCC4(CNC(=O)C4)C(F)C3)C2)C1. The third-order valence-electron chi connectivity index (χ3n) is 6.92. The van der Waals surface area contributed by atoms with Gasteiger partial charge in [0.2, 0.25) is 5.91 Å². The number of likely N-dealkylation sites (tertiary alicyclic amines) is 2. The number of alkyl halides is 1. The summed E-state index contributed by atoms with van der Waals surface area (Å²) in [6.07, 6.45) is 3.06. The van der Waals surface area contributed by atoms with Crippen LogP contribution in [0, 0.1) is 10.8 Å². The minimum atomic E-state index is -0.934. The molecule has 2 atom stereocenters. The van der Waals surface area contributed by atoms with Crippen molar-refractivity contribution in [3.63, 3.8) is 0 Å². The van der Waals surface area contributed by atoms with E-state index in [4.69, 9.17) is 4.74 Å². The molecule has 2 amide bonds. The minimum Gasteiger partial charge on any atom is -0.450 e. The fraction of sp³-hybridized carbons (Fsp3) is 0.889. The summed E-state index contributed by atoms with van der Waals surface area (Å²) < 4.78 is 19.9. The summed E-state index contributed by atoms with van der Waals surface area (Å²) in [7, 11) is 0. The van der Waals surface area contributed by atoms with Gasteiger partial charge in [-0.1, -0.05) is 0 Å². The van der Waals surface area contributed by atoms with E-state index in [1.54, 1.807) is 0 Å². The first kappa shape index (κ1) is 17.1. The van der Waals surface area contributed by atoms with E-state index < -0.39 is 11.6 Å². The van der Waals surface area contributed by atoms with Crippen LogP contribution < -0.4 is 5.32 Å². The fourth-order valence-electron chi connectivity index (χ4n) is 5.30. The van der Waals surface area contributed by atoms with Crippen LogP contribution in [-0.4, -0.2) is 73.3 Å². The maximum atomic E-state index is 14.8. The second-order valence-corrected chi connectivity index (χ2v) is 8.46. The van der Waals surface area contributed by atoms with Crippen molar-refractivity contribution in [1.29, 1.82) is 0 Å². The maximum Gasteiger partial charge on any atom is 0.409 e. The Kier molecular flexibility index (Phi) is 4.17. The van der Waals surface area contributed by atoms with Gasteiger partial charge in [-0.25, -0.2) is 9.18 Å². The summed E-state index contributed by atoms with van der Waals surface area (Å²) in [4.78, 5) is 27.5. The van der Waals surface area contributed by atoms with Gasteiger partial charge in [-0.05, 0) is 44.6 Å². The Morgan fingerprint density at radius 1 is 1.36 bits per heavy atom. The van der Waals surface area contributed by atoms with Crippen molar-refractivity contribution in [3.8, 4) is 0 Å². The van der Waals surface area contributed by atoms with Crippen LogP contribution in [0.2, 0.25) is 0 Å². The van der Waals surface area contributed by atoms with Gasteiger partial charge in [-0.15, -0.1) is 0 Å². The highest BCUT2D eigenvalue weighted by molar-refractivity contribution is 5.79. The van der Waals surface area contributed by atoms with E-state index in [9.17, 15) is 14.0 Å². The molecule has 6 nitrogen and oxygen atoms in total. The summed E-state index contributed by atoms with van der Waals surface area (Å²) >= 11 is 0. The van der Waals surface area contributed by atoms with Gasteiger partial charge in [0.05, 0.1) is 6.61 Å². The molecular formula is C18H28FN3O3. The second-order valence-electron chi connectivity index (χ2n) is 8.46. The number of carbonyl (C=O) groups excluding carboxylic acids is 2. The van der Waals surface area contributed by atoms with Crippen LogP contribution in [0.4, 0.5) is 9.18 Å². The fourth-order valence-corrected chi connectivity index (χ4v) is 5.30. The third-order valence-corrected chi connectivity index (χ3v) is 6.92. The lowest BCUT2D eigenvalue weighted by Crippen LogP contribution is -2.58. The van der Waals surface area contributed by atoms with E-state index in [1.807, 2.05) is 11.8 Å². The van der Waals surface area contributed by atoms with Gasteiger partial charge in [0.15, 0.2) is 0 Å². The number of nitrogens with one attached hydrogen (secondary N) is 1. The Labute approximate surface area is 148 Å². The van der Waals surface area contributed by atoms with Gasteiger partial charge in [0.25, 0.3) is 0 Å². The summed E-state index contributed by atoms with van der Waals surface area (Å²) in [5.74, 6) is -0.0105. The highest BCUT2D eigenvalue weighted by Crippen LogP contribution is 2.51. The zero-order chi connectivity index (χ0) is 17.7. The van der Waals surface area contributed by atoms with Crippen LogP contribution in [0.15, 0.2) is 0 Å². The predicted octanol–water partition coefficient (Wildman–Crippen LogP) is 1.55. The van der Waals surface area contributed by atoms with Gasteiger partial charge in [0, 0.05) is 44.1 Å². The highest BCUT2D eigenvalue weighted by atomic mass is 19.1. The lowest BCUT2D eigenvalue weighted by molar-refractivity contribution is -0.120. The molecule has 4 aliphatic rings. The van der Waals surface area contributed by atoms with E-state index >= 15 is 0 Å². The first-order valence-electron chi connectivity index (χ1n) is 9.52. The number of hydrogen-bond donors (Lipinski definition) is 1. The zero-order valence-electron chi connectivity index (χ0n) is 14.9. The van der Waals surface area contributed by atoms with Crippen molar-refractivity contribution in [3.05, 3.63) is 0 Å². The highest BCUT2D eigenvalue weighted by Gasteiger charge is 2.54. The van der Waals surface area contributed by atoms with E-state index in [1.165, 1.54) is 0 Å². The first-order chi connectivity index (χ1) is 12.0. The van der Waals surface area contributed by atoms with Crippen LogP contribution in [0.1, 0.15) is 39.0 Å². The average molecular weight is 353 g/mol. The summed E-state index contributed by atoms with van der Waals surface area (Å²) in [6, 6.07) is 0.419. The van der Waals surface area contributed by atoms with Crippen molar-refractivity contribution in [1.82, 2.24) is 15.1 Å². The molecule has 0 radical (unpaired) electrons. The number of halogens is 1. The smallest absolute Gasteiger partial charge is 0.409 e. The Bertz CT molecular complexity index is 566. The van der Waals surface area contributed by atoms with Crippen molar-refractivity contribution >= 4 is 12.0 Å². The van der Waals surface area contributed by atoms with E-state index in [2.05, 4.69) is 10.2 Å². The second kappa shape index (κ2) is 6.11. The molecule has 0 aromatic carbocycles. The number of amides is 2. The molecule has 25 heavy (non-hydrogen) atoms. The van der Waals surface area contributed by atoms with Gasteiger partial charge in [-0.2, -0.15) is 0 Å². The third kappa shape index (κ3) is 2.90. The van der Waals surface area contributed by atoms with Crippen LogP contribution in [0.25, 0.3) is 0 Å². The molecule has 4 rings (SSSR count). The van der Waals surface area contributed by atoms with Crippen LogP contribution >= 0.6 is 0 Å². The molecule has 2 unspecified atom stereocenters. The quantitative estimate of drug-likeness (QED) is 0.818. The van der Waals surface area contributed by atoms with Gasteiger partial charge in [0.1, 0.15) is 6.17 Å². The summed E-state index contributed by atoms with van der Waals surface area (Å²) in [5, 5.41) is 2.80.